The quantitative estimate of drug-likeness (QED) is 0.0169. The van der Waals surface area contributed by atoms with Crippen molar-refractivity contribution >= 4 is 49.9 Å². The first-order chi connectivity index (χ1) is 34.7. The monoisotopic (exact) mass is 1070 g/mol. The Balaban J connectivity index is 1.80. The molecule has 3 N–H and O–H groups in total. The topological polar surface area (TPSA) is 254 Å². The molecule has 4 amide bonds. The molecule has 0 fully saturated rings. The van der Waals surface area contributed by atoms with Crippen molar-refractivity contribution in [3.05, 3.63) is 71.0 Å². The van der Waals surface area contributed by atoms with Crippen LogP contribution in [0.1, 0.15) is 179 Å². The molecule has 0 saturated heterocycles. The molecule has 1 aromatic heterocycles. The number of hydroxylamine groups is 2. The second-order valence-electron chi connectivity index (χ2n) is 21.7. The minimum absolute atomic E-state index is 0.0404. The SMILES string of the molecule is CCCCC[C@@H](C(=O)NCNC(=O)c1ccc(-c2ccc(C(=O)N[C@@H](CC(=O)OC(C)(C)C)C(=O)OC(C)(C)C)c(OCC)c2)o1)[C@@H](CC)N(C=O)OC(=O)c1c(C)cccc1OP(=O)(OC(C)(C)C)OC(C)(C)C. The van der Waals surface area contributed by atoms with Crippen LogP contribution in [-0.4, -0.2) is 94.9 Å². The van der Waals surface area contributed by atoms with Gasteiger partial charge in [0, 0.05) is 5.56 Å². The first-order valence-electron chi connectivity index (χ1n) is 25.2. The minimum atomic E-state index is -4.38. The van der Waals surface area contributed by atoms with E-state index in [0.29, 0.717) is 30.4 Å². The first kappa shape index (κ1) is 63.1. The Kier molecular flexibility index (Phi) is 22.7. The highest BCUT2D eigenvalue weighted by atomic mass is 31.2. The minimum Gasteiger partial charge on any atom is -0.493 e. The number of phosphoric ester groups is 1. The fourth-order valence-corrected chi connectivity index (χ4v) is 9.27. The smallest absolute Gasteiger partial charge is 0.493 e. The van der Waals surface area contributed by atoms with Crippen molar-refractivity contribution in [2.75, 3.05) is 13.3 Å². The van der Waals surface area contributed by atoms with E-state index in [1.54, 1.807) is 122 Å². The number of aryl methyl sites for hydroxylation is 1. The number of amides is 4. The summed E-state index contributed by atoms with van der Waals surface area (Å²) in [6.07, 6.45) is 2.50. The van der Waals surface area contributed by atoms with Gasteiger partial charge < -0.3 is 43.9 Å². The van der Waals surface area contributed by atoms with Gasteiger partial charge in [-0.2, -0.15) is 5.06 Å². The van der Waals surface area contributed by atoms with Crippen LogP contribution in [0.25, 0.3) is 11.3 Å². The largest absolute Gasteiger partial charge is 0.531 e. The van der Waals surface area contributed by atoms with E-state index in [4.69, 9.17) is 37.0 Å². The van der Waals surface area contributed by atoms with E-state index >= 15 is 0 Å². The number of carbonyl (C=O) groups excluding carboxylic acids is 7. The van der Waals surface area contributed by atoms with Crippen molar-refractivity contribution in [2.24, 2.45) is 5.92 Å². The lowest BCUT2D eigenvalue weighted by molar-refractivity contribution is -0.171. The Hall–Kier alpha value is -6.24. The van der Waals surface area contributed by atoms with Crippen LogP contribution in [-0.2, 0) is 47.1 Å². The number of furan rings is 1. The number of nitrogens with zero attached hydrogens (tertiary/aromatic N) is 1. The third-order valence-corrected chi connectivity index (χ3v) is 12.3. The summed E-state index contributed by atoms with van der Waals surface area (Å²) < 4.78 is 54.1. The van der Waals surface area contributed by atoms with Crippen molar-refractivity contribution in [1.29, 1.82) is 0 Å². The standard InChI is InChI=1S/C54H79N4O16P/c1-17-20-21-24-36(39(18-2)58(33-59)71-50(65)45-34(4)23-22-25-41(45)72-75(66,73-53(11,12)13)74-54(14,15)16)46(61)55-32-56-48(63)42-29-28-40(68-42)35-26-27-37(43(30-35)67-19-3)47(62)57-38(49(64)70-52(8,9)10)31-44(60)69-51(5,6)7/h22-23,25-30,33,36,38-39H,17-21,24,31-32H2,1-16H3,(H,55,61)(H,56,63)(H,57,62)/t36-,38+,39-/m1/s1. The number of carbonyl (C=O) groups is 7. The first-order valence-corrected chi connectivity index (χ1v) is 26.6. The van der Waals surface area contributed by atoms with Crippen LogP contribution in [0.2, 0.25) is 0 Å². The molecule has 0 aliphatic heterocycles. The summed E-state index contributed by atoms with van der Waals surface area (Å²) in [5.41, 5.74) is -3.03. The number of hydrogen-bond acceptors (Lipinski definition) is 16. The lowest BCUT2D eigenvalue weighted by Crippen LogP contribution is -2.49. The average Bonchev–Trinajstić information content (AvgIpc) is 3.76. The van der Waals surface area contributed by atoms with Crippen LogP contribution in [0.4, 0.5) is 0 Å². The molecule has 1 heterocycles. The fraction of sp³-hybridized carbons (Fsp3) is 0.574. The normalized spacial score (nSPS) is 13.3. The molecule has 3 atom stereocenters. The number of esters is 2. The van der Waals surface area contributed by atoms with Gasteiger partial charge in [0.05, 0.1) is 48.4 Å². The summed E-state index contributed by atoms with van der Waals surface area (Å²) in [7, 11) is -4.38. The van der Waals surface area contributed by atoms with Crippen molar-refractivity contribution in [3.63, 3.8) is 0 Å². The number of nitrogens with one attached hydrogen (secondary N) is 3. The molecule has 416 valence electrons. The number of unbranched alkanes of at least 4 members (excludes halogenated alkanes) is 2. The maximum Gasteiger partial charge on any atom is 0.531 e. The zero-order valence-corrected chi connectivity index (χ0v) is 47.4. The summed E-state index contributed by atoms with van der Waals surface area (Å²) in [5.74, 6) is -5.36. The lowest BCUT2D eigenvalue weighted by atomic mass is 9.90. The van der Waals surface area contributed by atoms with Crippen LogP contribution in [0, 0.1) is 12.8 Å². The van der Waals surface area contributed by atoms with Crippen LogP contribution >= 0.6 is 7.82 Å². The zero-order valence-electron chi connectivity index (χ0n) is 46.5. The van der Waals surface area contributed by atoms with Gasteiger partial charge in [-0.1, -0.05) is 51.3 Å². The van der Waals surface area contributed by atoms with Gasteiger partial charge in [0.25, 0.3) is 11.8 Å². The predicted octanol–water partition coefficient (Wildman–Crippen LogP) is 9.95. The number of benzene rings is 2. The molecule has 0 aliphatic rings. The Morgan fingerprint density at radius 1 is 0.760 bits per heavy atom. The van der Waals surface area contributed by atoms with E-state index in [9.17, 15) is 38.1 Å². The highest BCUT2D eigenvalue weighted by Gasteiger charge is 2.41. The number of phosphoric acid groups is 1. The molecule has 3 rings (SSSR count). The van der Waals surface area contributed by atoms with E-state index < -0.39 is 90.3 Å². The molecule has 0 radical (unpaired) electrons. The van der Waals surface area contributed by atoms with Crippen molar-refractivity contribution in [1.82, 2.24) is 21.0 Å². The van der Waals surface area contributed by atoms with Crippen molar-refractivity contribution in [2.45, 2.75) is 184 Å². The maximum atomic E-state index is 14.1. The van der Waals surface area contributed by atoms with Crippen LogP contribution < -0.4 is 25.2 Å². The molecule has 2 aromatic carbocycles. The second kappa shape index (κ2) is 27.0. The average molecular weight is 1070 g/mol. The summed E-state index contributed by atoms with van der Waals surface area (Å²) in [6, 6.07) is 9.73. The Bertz CT molecular complexity index is 2490. The number of rotatable bonds is 26. The van der Waals surface area contributed by atoms with Crippen LogP contribution in [0.5, 0.6) is 11.5 Å². The van der Waals surface area contributed by atoms with Gasteiger partial charge in [-0.25, -0.2) is 14.2 Å². The summed E-state index contributed by atoms with van der Waals surface area (Å²) >= 11 is 0. The van der Waals surface area contributed by atoms with Gasteiger partial charge in [0.15, 0.2) is 5.76 Å². The molecule has 0 aliphatic carbocycles. The van der Waals surface area contributed by atoms with Gasteiger partial charge in [-0.15, -0.1) is 0 Å². The highest BCUT2D eigenvalue weighted by Crippen LogP contribution is 2.56. The Morgan fingerprint density at radius 2 is 1.40 bits per heavy atom. The molecule has 0 unspecified atom stereocenters. The van der Waals surface area contributed by atoms with Gasteiger partial charge in [0.1, 0.15) is 40.1 Å². The second-order valence-corrected chi connectivity index (χ2v) is 23.1. The van der Waals surface area contributed by atoms with Gasteiger partial charge in [0.2, 0.25) is 12.3 Å². The molecular weight excluding hydrogens is 992 g/mol. The van der Waals surface area contributed by atoms with E-state index in [1.807, 2.05) is 6.92 Å². The van der Waals surface area contributed by atoms with E-state index in [1.165, 1.54) is 30.3 Å². The highest BCUT2D eigenvalue weighted by molar-refractivity contribution is 7.49. The molecular formula is C54H79N4O16P. The summed E-state index contributed by atoms with van der Waals surface area (Å²) in [5, 5.41) is 8.71. The molecule has 75 heavy (non-hydrogen) atoms. The Labute approximate surface area is 441 Å². The van der Waals surface area contributed by atoms with Crippen LogP contribution in [0.3, 0.4) is 0 Å². The molecule has 0 saturated carbocycles. The van der Waals surface area contributed by atoms with Crippen molar-refractivity contribution < 1.29 is 75.2 Å². The predicted molar refractivity (Wildman–Crippen MR) is 279 cm³/mol. The lowest BCUT2D eigenvalue weighted by Gasteiger charge is -2.32. The number of hydrogen-bond donors (Lipinski definition) is 3. The third-order valence-electron chi connectivity index (χ3n) is 10.3. The molecule has 21 heteroatoms. The maximum absolute atomic E-state index is 14.1. The van der Waals surface area contributed by atoms with Crippen molar-refractivity contribution in [3.8, 4) is 22.8 Å². The van der Waals surface area contributed by atoms with Crippen LogP contribution in [0.15, 0.2) is 52.9 Å². The van der Waals surface area contributed by atoms with Gasteiger partial charge in [-0.3, -0.25) is 33.0 Å². The molecule has 0 bridgehead atoms. The third kappa shape index (κ3) is 20.8. The fourth-order valence-electron chi connectivity index (χ4n) is 7.42. The van der Waals surface area contributed by atoms with Gasteiger partial charge >= 0.3 is 25.7 Å². The van der Waals surface area contributed by atoms with E-state index in [2.05, 4.69) is 16.0 Å². The van der Waals surface area contributed by atoms with E-state index in [0.717, 1.165) is 17.9 Å². The molecule has 0 spiro atoms. The van der Waals surface area contributed by atoms with Gasteiger partial charge in [-0.05, 0) is 146 Å². The molecule has 20 nitrogen and oxygen atoms in total. The van der Waals surface area contributed by atoms with E-state index in [-0.39, 0.29) is 53.8 Å². The zero-order chi connectivity index (χ0) is 56.7. The Morgan fingerprint density at radius 3 is 1.96 bits per heavy atom. The summed E-state index contributed by atoms with van der Waals surface area (Å²) in [6.45, 7) is 26.9. The number of ether oxygens (including phenoxy) is 3. The molecule has 3 aromatic rings. The summed E-state index contributed by atoms with van der Waals surface area (Å²) in [4.78, 5) is 99.5.